The zero-order valence-corrected chi connectivity index (χ0v) is 10.9. The number of aromatic nitrogens is 1. The van der Waals surface area contributed by atoms with Crippen LogP contribution in [0, 0.1) is 0 Å². The highest BCUT2D eigenvalue weighted by molar-refractivity contribution is 9.10. The number of nitrogens with two attached hydrogens (primary N) is 1. The second-order valence-corrected chi connectivity index (χ2v) is 5.47. The Bertz CT molecular complexity index is 546. The highest BCUT2D eigenvalue weighted by atomic mass is 79.9. The first-order valence-electron chi connectivity index (χ1n) is 5.68. The van der Waals surface area contributed by atoms with Crippen molar-refractivity contribution < 1.29 is 4.42 Å². The van der Waals surface area contributed by atoms with Gasteiger partial charge in [-0.15, -0.1) is 0 Å². The minimum absolute atomic E-state index is 0.329. The first kappa shape index (κ1) is 11.0. The molecule has 3 rings (SSSR count). The third-order valence-corrected chi connectivity index (χ3v) is 3.79. The van der Waals surface area contributed by atoms with E-state index in [1.807, 2.05) is 24.3 Å². The number of oxazole rings is 1. The molecule has 1 aliphatic carbocycles. The summed E-state index contributed by atoms with van der Waals surface area (Å²) in [5.74, 6) is 0.665. The summed E-state index contributed by atoms with van der Waals surface area (Å²) in [5, 5.41) is 0. The lowest BCUT2D eigenvalue weighted by Gasteiger charge is -2.34. The van der Waals surface area contributed by atoms with Crippen molar-refractivity contribution in [3.63, 3.8) is 0 Å². The van der Waals surface area contributed by atoms with Gasteiger partial charge in [-0.3, -0.25) is 0 Å². The van der Waals surface area contributed by atoms with E-state index in [0.29, 0.717) is 5.89 Å². The smallest absolute Gasteiger partial charge is 0.214 e. The number of hydrogen-bond acceptors (Lipinski definition) is 3. The van der Waals surface area contributed by atoms with Crippen molar-refractivity contribution in [3.05, 3.63) is 40.9 Å². The van der Waals surface area contributed by atoms with Gasteiger partial charge in [-0.1, -0.05) is 28.1 Å². The van der Waals surface area contributed by atoms with Crippen molar-refractivity contribution in [3.8, 4) is 11.3 Å². The summed E-state index contributed by atoms with van der Waals surface area (Å²) in [7, 11) is 0. The molecular formula is C13H13BrN2O. The Hall–Kier alpha value is -1.13. The molecule has 0 unspecified atom stereocenters. The van der Waals surface area contributed by atoms with Crippen LogP contribution in [0.2, 0.25) is 0 Å². The molecule has 1 aromatic heterocycles. The monoisotopic (exact) mass is 292 g/mol. The van der Waals surface area contributed by atoms with E-state index in [2.05, 4.69) is 20.9 Å². The lowest BCUT2D eigenvalue weighted by Crippen LogP contribution is -2.43. The quantitative estimate of drug-likeness (QED) is 0.922. The molecule has 17 heavy (non-hydrogen) atoms. The van der Waals surface area contributed by atoms with Crippen molar-refractivity contribution in [1.82, 2.24) is 4.98 Å². The number of halogens is 1. The molecule has 0 bridgehead atoms. The standard InChI is InChI=1S/C13H13BrN2O/c14-10-4-1-3-9(7-10)11-8-17-12(16-11)13(15)5-2-6-13/h1,3-4,7-8H,2,5-6,15H2. The molecule has 0 radical (unpaired) electrons. The maximum absolute atomic E-state index is 6.18. The highest BCUT2D eigenvalue weighted by Gasteiger charge is 2.39. The Kier molecular flexibility index (Phi) is 2.56. The average Bonchev–Trinajstić information content (AvgIpc) is 2.75. The fourth-order valence-corrected chi connectivity index (χ4v) is 2.45. The van der Waals surface area contributed by atoms with E-state index < -0.39 is 0 Å². The molecule has 1 aliphatic rings. The minimum Gasteiger partial charge on any atom is -0.446 e. The minimum atomic E-state index is -0.329. The van der Waals surface area contributed by atoms with Crippen LogP contribution in [-0.4, -0.2) is 4.98 Å². The molecule has 0 amide bonds. The summed E-state index contributed by atoms with van der Waals surface area (Å²) in [6, 6.07) is 8.00. The van der Waals surface area contributed by atoms with Crippen molar-refractivity contribution in [2.24, 2.45) is 5.73 Å². The maximum atomic E-state index is 6.18. The van der Waals surface area contributed by atoms with E-state index in [4.69, 9.17) is 10.2 Å². The van der Waals surface area contributed by atoms with Gasteiger partial charge in [0.1, 0.15) is 12.0 Å². The molecule has 88 valence electrons. The van der Waals surface area contributed by atoms with Crippen molar-refractivity contribution >= 4 is 15.9 Å². The van der Waals surface area contributed by atoms with Crippen LogP contribution in [-0.2, 0) is 5.54 Å². The van der Waals surface area contributed by atoms with Gasteiger partial charge in [0.2, 0.25) is 5.89 Å². The van der Waals surface area contributed by atoms with Gasteiger partial charge in [0.15, 0.2) is 0 Å². The van der Waals surface area contributed by atoms with Crippen LogP contribution in [0.3, 0.4) is 0 Å². The van der Waals surface area contributed by atoms with Crippen molar-refractivity contribution in [2.75, 3.05) is 0 Å². The molecular weight excluding hydrogens is 280 g/mol. The van der Waals surface area contributed by atoms with Crippen LogP contribution in [0.25, 0.3) is 11.3 Å². The zero-order chi connectivity index (χ0) is 11.9. The van der Waals surface area contributed by atoms with Gasteiger partial charge in [0.25, 0.3) is 0 Å². The summed E-state index contributed by atoms with van der Waals surface area (Å²) in [4.78, 5) is 4.50. The fourth-order valence-electron chi connectivity index (χ4n) is 2.05. The van der Waals surface area contributed by atoms with Crippen molar-refractivity contribution in [1.29, 1.82) is 0 Å². The SMILES string of the molecule is NC1(c2nc(-c3cccc(Br)c3)co2)CCC1. The molecule has 4 heteroatoms. The van der Waals surface area contributed by atoms with Gasteiger partial charge in [-0.2, -0.15) is 0 Å². The molecule has 1 fully saturated rings. The van der Waals surface area contributed by atoms with Gasteiger partial charge in [0.05, 0.1) is 5.54 Å². The van der Waals surface area contributed by atoms with E-state index in [0.717, 1.165) is 35.0 Å². The summed E-state index contributed by atoms with van der Waals surface area (Å²) in [6.07, 6.45) is 4.77. The Morgan fingerprint density at radius 1 is 1.35 bits per heavy atom. The molecule has 1 saturated carbocycles. The number of rotatable bonds is 2. The predicted molar refractivity (Wildman–Crippen MR) is 69.4 cm³/mol. The summed E-state index contributed by atoms with van der Waals surface area (Å²) < 4.78 is 6.55. The van der Waals surface area contributed by atoms with E-state index in [1.165, 1.54) is 0 Å². The second-order valence-electron chi connectivity index (χ2n) is 4.56. The Morgan fingerprint density at radius 3 is 2.82 bits per heavy atom. The topological polar surface area (TPSA) is 52.0 Å². The Labute approximate surface area is 108 Å². The Balaban J connectivity index is 1.95. The van der Waals surface area contributed by atoms with Crippen LogP contribution in [0.15, 0.2) is 39.4 Å². The molecule has 1 heterocycles. The molecule has 2 aromatic rings. The van der Waals surface area contributed by atoms with E-state index in [1.54, 1.807) is 6.26 Å². The molecule has 3 nitrogen and oxygen atoms in total. The van der Waals surface area contributed by atoms with Gasteiger partial charge in [0, 0.05) is 10.0 Å². The maximum Gasteiger partial charge on any atom is 0.214 e. The molecule has 0 spiro atoms. The molecule has 2 N–H and O–H groups in total. The van der Waals surface area contributed by atoms with Gasteiger partial charge < -0.3 is 10.2 Å². The van der Waals surface area contributed by atoms with Gasteiger partial charge in [-0.05, 0) is 31.4 Å². The molecule has 1 aromatic carbocycles. The van der Waals surface area contributed by atoms with Gasteiger partial charge in [-0.25, -0.2) is 4.98 Å². The van der Waals surface area contributed by atoms with Crippen LogP contribution in [0.4, 0.5) is 0 Å². The Morgan fingerprint density at radius 2 is 2.18 bits per heavy atom. The summed E-state index contributed by atoms with van der Waals surface area (Å²) in [6.45, 7) is 0. The van der Waals surface area contributed by atoms with E-state index in [9.17, 15) is 0 Å². The third-order valence-electron chi connectivity index (χ3n) is 3.30. The van der Waals surface area contributed by atoms with Crippen LogP contribution < -0.4 is 5.73 Å². The van der Waals surface area contributed by atoms with Crippen molar-refractivity contribution in [2.45, 2.75) is 24.8 Å². The van der Waals surface area contributed by atoms with Crippen LogP contribution in [0.5, 0.6) is 0 Å². The van der Waals surface area contributed by atoms with Gasteiger partial charge >= 0.3 is 0 Å². The largest absolute Gasteiger partial charge is 0.446 e. The normalized spacial score (nSPS) is 17.8. The lowest BCUT2D eigenvalue weighted by atomic mass is 9.78. The average molecular weight is 293 g/mol. The zero-order valence-electron chi connectivity index (χ0n) is 9.32. The predicted octanol–water partition coefficient (Wildman–Crippen LogP) is 3.44. The number of nitrogens with zero attached hydrogens (tertiary/aromatic N) is 1. The lowest BCUT2D eigenvalue weighted by molar-refractivity contribution is 0.199. The molecule has 0 aliphatic heterocycles. The number of hydrogen-bond donors (Lipinski definition) is 1. The highest BCUT2D eigenvalue weighted by Crippen LogP contribution is 2.39. The van der Waals surface area contributed by atoms with E-state index in [-0.39, 0.29) is 5.54 Å². The third kappa shape index (κ3) is 1.91. The molecule has 0 saturated heterocycles. The fraction of sp³-hybridized carbons (Fsp3) is 0.308. The van der Waals surface area contributed by atoms with Crippen LogP contribution in [0.1, 0.15) is 25.2 Å². The van der Waals surface area contributed by atoms with E-state index >= 15 is 0 Å². The number of benzene rings is 1. The molecule has 0 atom stereocenters. The summed E-state index contributed by atoms with van der Waals surface area (Å²) in [5.41, 5.74) is 7.74. The first-order valence-corrected chi connectivity index (χ1v) is 6.47. The second kappa shape index (κ2) is 3.96. The first-order chi connectivity index (χ1) is 8.17. The van der Waals surface area contributed by atoms with Crippen LogP contribution >= 0.6 is 15.9 Å². The summed E-state index contributed by atoms with van der Waals surface area (Å²) >= 11 is 3.45.